The van der Waals surface area contributed by atoms with E-state index in [0.717, 1.165) is 16.9 Å². The largest absolute Gasteiger partial charge is 0.491 e. The first kappa shape index (κ1) is 19.7. The van der Waals surface area contributed by atoms with Crippen LogP contribution in [0.1, 0.15) is 51.3 Å². The van der Waals surface area contributed by atoms with Gasteiger partial charge in [0, 0.05) is 6.08 Å². The lowest BCUT2D eigenvalue weighted by atomic mass is 9.86. The van der Waals surface area contributed by atoms with Crippen LogP contribution in [0.3, 0.4) is 0 Å². The molecule has 0 fully saturated rings. The zero-order valence-corrected chi connectivity index (χ0v) is 16.6. The molecule has 136 valence electrons. The summed E-state index contributed by atoms with van der Waals surface area (Å²) in [5.74, 6) is 0.501. The van der Waals surface area contributed by atoms with Crippen LogP contribution in [-0.2, 0) is 10.2 Å². The Kier molecular flexibility index (Phi) is 6.23. The molecular formula is C21H24N2O2S. The lowest BCUT2D eigenvalue weighted by molar-refractivity contribution is -0.111. The molecule has 2 aromatic rings. The highest BCUT2D eigenvalue weighted by Gasteiger charge is 2.22. The Balaban J connectivity index is 2.11. The summed E-state index contributed by atoms with van der Waals surface area (Å²) in [5.41, 5.74) is 2.22. The van der Waals surface area contributed by atoms with E-state index in [9.17, 15) is 10.1 Å². The normalized spacial score (nSPS) is 11.6. The van der Waals surface area contributed by atoms with E-state index in [1.807, 2.05) is 64.3 Å². The van der Waals surface area contributed by atoms with Crippen LogP contribution in [0.4, 0.5) is 5.00 Å². The molecule has 1 aromatic heterocycles. The van der Waals surface area contributed by atoms with E-state index in [2.05, 4.69) is 11.4 Å². The van der Waals surface area contributed by atoms with Crippen LogP contribution in [0, 0.1) is 11.3 Å². The summed E-state index contributed by atoms with van der Waals surface area (Å²) in [6.07, 6.45) is 3.29. The minimum absolute atomic E-state index is 0.0952. The summed E-state index contributed by atoms with van der Waals surface area (Å²) in [6.45, 7) is 10.1. The molecule has 0 saturated heterocycles. The van der Waals surface area contributed by atoms with Crippen LogP contribution in [0.15, 0.2) is 35.7 Å². The Morgan fingerprint density at radius 2 is 2.08 bits per heavy atom. The highest BCUT2D eigenvalue weighted by Crippen LogP contribution is 2.35. The quantitative estimate of drug-likeness (QED) is 0.723. The van der Waals surface area contributed by atoms with Gasteiger partial charge < -0.3 is 10.1 Å². The van der Waals surface area contributed by atoms with Crippen molar-refractivity contribution in [2.75, 3.05) is 5.32 Å². The lowest BCUT2D eigenvalue weighted by Crippen LogP contribution is -2.13. The van der Waals surface area contributed by atoms with Crippen molar-refractivity contribution in [3.05, 3.63) is 52.4 Å². The average molecular weight is 369 g/mol. The average Bonchev–Trinajstić information content (AvgIpc) is 2.95. The Morgan fingerprint density at radius 1 is 1.35 bits per heavy atom. The van der Waals surface area contributed by atoms with Crippen LogP contribution < -0.4 is 10.1 Å². The Hall–Kier alpha value is -2.58. The number of thiophene rings is 1. The Morgan fingerprint density at radius 3 is 2.69 bits per heavy atom. The van der Waals surface area contributed by atoms with Crippen LogP contribution in [0.2, 0.25) is 0 Å². The fraction of sp³-hybridized carbons (Fsp3) is 0.333. The van der Waals surface area contributed by atoms with E-state index >= 15 is 0 Å². The van der Waals surface area contributed by atoms with Crippen molar-refractivity contribution in [1.29, 1.82) is 5.26 Å². The Bertz CT molecular complexity index is 852. The SMILES string of the molecule is CC(C)Oc1cccc(/C=C/C(=O)Nc2scc(C(C)(C)C)c2C#N)c1. The minimum atomic E-state index is -0.265. The molecule has 26 heavy (non-hydrogen) atoms. The molecule has 0 atom stereocenters. The van der Waals surface area contributed by atoms with Crippen LogP contribution in [-0.4, -0.2) is 12.0 Å². The smallest absolute Gasteiger partial charge is 0.249 e. The third-order valence-electron chi connectivity index (χ3n) is 3.60. The number of anilines is 1. The topological polar surface area (TPSA) is 62.1 Å². The third-order valence-corrected chi connectivity index (χ3v) is 4.50. The molecule has 2 rings (SSSR count). The number of carbonyl (C=O) groups excluding carboxylic acids is 1. The van der Waals surface area contributed by atoms with Gasteiger partial charge in [0.05, 0.1) is 11.7 Å². The first-order valence-electron chi connectivity index (χ1n) is 8.48. The van der Waals surface area contributed by atoms with Gasteiger partial charge in [0.2, 0.25) is 5.91 Å². The van der Waals surface area contributed by atoms with E-state index in [-0.39, 0.29) is 17.4 Å². The molecule has 5 heteroatoms. The number of nitrogens with one attached hydrogen (secondary N) is 1. The molecule has 1 heterocycles. The molecule has 1 amide bonds. The number of carbonyl (C=O) groups is 1. The summed E-state index contributed by atoms with van der Waals surface area (Å²) in [6, 6.07) is 9.77. The van der Waals surface area contributed by atoms with E-state index in [0.29, 0.717) is 10.6 Å². The first-order chi connectivity index (χ1) is 12.2. The van der Waals surface area contributed by atoms with Crippen LogP contribution in [0.5, 0.6) is 5.75 Å². The molecule has 0 bridgehead atoms. The maximum absolute atomic E-state index is 12.2. The molecule has 0 aliphatic rings. The van der Waals surface area contributed by atoms with Crippen molar-refractivity contribution in [2.45, 2.75) is 46.1 Å². The van der Waals surface area contributed by atoms with Crippen molar-refractivity contribution in [3.8, 4) is 11.8 Å². The zero-order chi connectivity index (χ0) is 19.3. The van der Waals surface area contributed by atoms with Gasteiger partial charge in [-0.25, -0.2) is 0 Å². The number of ether oxygens (including phenoxy) is 1. The molecular weight excluding hydrogens is 344 g/mol. The summed E-state index contributed by atoms with van der Waals surface area (Å²) < 4.78 is 5.65. The number of amides is 1. The molecule has 0 aliphatic carbocycles. The van der Waals surface area contributed by atoms with E-state index in [4.69, 9.17) is 4.74 Å². The van der Waals surface area contributed by atoms with Crippen LogP contribution >= 0.6 is 11.3 Å². The lowest BCUT2D eigenvalue weighted by Gasteiger charge is -2.17. The minimum Gasteiger partial charge on any atom is -0.491 e. The second kappa shape index (κ2) is 8.20. The van der Waals surface area contributed by atoms with Gasteiger partial charge in [0.25, 0.3) is 0 Å². The van der Waals surface area contributed by atoms with Gasteiger partial charge in [0.15, 0.2) is 0 Å². The maximum atomic E-state index is 12.2. The van der Waals surface area contributed by atoms with Gasteiger partial charge in [-0.3, -0.25) is 4.79 Å². The van der Waals surface area contributed by atoms with Crippen molar-refractivity contribution < 1.29 is 9.53 Å². The van der Waals surface area contributed by atoms with Gasteiger partial charge in [-0.15, -0.1) is 11.3 Å². The maximum Gasteiger partial charge on any atom is 0.249 e. The number of hydrogen-bond acceptors (Lipinski definition) is 4. The van der Waals surface area contributed by atoms with Crippen molar-refractivity contribution >= 4 is 28.3 Å². The molecule has 0 radical (unpaired) electrons. The van der Waals surface area contributed by atoms with E-state index in [1.165, 1.54) is 17.4 Å². The van der Waals surface area contributed by atoms with Gasteiger partial charge in [-0.2, -0.15) is 5.26 Å². The highest BCUT2D eigenvalue weighted by atomic mass is 32.1. The monoisotopic (exact) mass is 368 g/mol. The van der Waals surface area contributed by atoms with Crippen molar-refractivity contribution in [2.24, 2.45) is 0 Å². The predicted molar refractivity (Wildman–Crippen MR) is 108 cm³/mol. The molecule has 0 saturated carbocycles. The molecule has 0 spiro atoms. The summed E-state index contributed by atoms with van der Waals surface area (Å²) in [7, 11) is 0. The van der Waals surface area contributed by atoms with Crippen LogP contribution in [0.25, 0.3) is 6.08 Å². The Labute approximate surface area is 159 Å². The molecule has 4 nitrogen and oxygen atoms in total. The summed E-state index contributed by atoms with van der Waals surface area (Å²) in [5, 5.41) is 14.8. The zero-order valence-electron chi connectivity index (χ0n) is 15.8. The summed E-state index contributed by atoms with van der Waals surface area (Å²) >= 11 is 1.38. The molecule has 1 N–H and O–H groups in total. The summed E-state index contributed by atoms with van der Waals surface area (Å²) in [4.78, 5) is 12.2. The standard InChI is InChI=1S/C21H24N2O2S/c1-14(2)25-16-8-6-7-15(11-16)9-10-19(24)23-20-17(12-22)18(13-26-20)21(3,4)5/h6-11,13-14H,1-5H3,(H,23,24)/b10-9+. The molecule has 0 aliphatic heterocycles. The van der Waals surface area contributed by atoms with E-state index in [1.54, 1.807) is 6.08 Å². The van der Waals surface area contributed by atoms with E-state index < -0.39 is 0 Å². The van der Waals surface area contributed by atoms with Gasteiger partial charge >= 0.3 is 0 Å². The van der Waals surface area contributed by atoms with Crippen molar-refractivity contribution in [1.82, 2.24) is 0 Å². The van der Waals surface area contributed by atoms with Gasteiger partial charge in [-0.05, 0) is 54.0 Å². The van der Waals surface area contributed by atoms with Gasteiger partial charge in [-0.1, -0.05) is 32.9 Å². The molecule has 1 aromatic carbocycles. The highest BCUT2D eigenvalue weighted by molar-refractivity contribution is 7.14. The second-order valence-corrected chi connectivity index (χ2v) is 8.16. The number of hydrogen-bond donors (Lipinski definition) is 1. The fourth-order valence-corrected chi connectivity index (χ4v) is 3.54. The third kappa shape index (κ3) is 5.21. The number of nitriles is 1. The van der Waals surface area contributed by atoms with Crippen molar-refractivity contribution in [3.63, 3.8) is 0 Å². The predicted octanol–water partition coefficient (Wildman–Crippen LogP) is 5.36. The van der Waals surface area contributed by atoms with Gasteiger partial charge in [0.1, 0.15) is 16.8 Å². The fourth-order valence-electron chi connectivity index (χ4n) is 2.40. The molecule has 0 unspecified atom stereocenters. The number of benzene rings is 1. The first-order valence-corrected chi connectivity index (χ1v) is 9.36. The number of nitrogens with zero attached hydrogens (tertiary/aromatic N) is 1. The second-order valence-electron chi connectivity index (χ2n) is 7.28. The number of rotatable bonds is 5.